The summed E-state index contributed by atoms with van der Waals surface area (Å²) in [5, 5.41) is 21.3. The third-order valence-corrected chi connectivity index (χ3v) is 6.86. The van der Waals surface area contributed by atoms with E-state index in [1.54, 1.807) is 7.11 Å². The van der Waals surface area contributed by atoms with E-state index < -0.39 is 11.2 Å². The minimum absolute atomic E-state index is 0.0201. The van der Waals surface area contributed by atoms with Crippen molar-refractivity contribution in [1.82, 2.24) is 0 Å². The van der Waals surface area contributed by atoms with Crippen LogP contribution in [0.1, 0.15) is 41.9 Å². The zero-order valence-corrected chi connectivity index (χ0v) is 18.2. The van der Waals surface area contributed by atoms with Gasteiger partial charge in [0, 0.05) is 30.6 Å². The van der Waals surface area contributed by atoms with Crippen LogP contribution >= 0.6 is 0 Å². The van der Waals surface area contributed by atoms with Crippen molar-refractivity contribution >= 4 is 0 Å². The fourth-order valence-electron chi connectivity index (χ4n) is 5.39. The lowest BCUT2D eigenvalue weighted by molar-refractivity contribution is -0.105. The van der Waals surface area contributed by atoms with Gasteiger partial charge in [-0.3, -0.25) is 0 Å². The largest absolute Gasteiger partial charge is 0.497 e. The predicted octanol–water partition coefficient (Wildman–Crippen LogP) is 4.51. The molecule has 166 valence electrons. The van der Waals surface area contributed by atoms with Gasteiger partial charge in [-0.1, -0.05) is 42.5 Å². The molecule has 1 aliphatic heterocycles. The van der Waals surface area contributed by atoms with E-state index in [2.05, 4.69) is 12.1 Å². The first-order valence-electron chi connectivity index (χ1n) is 11.1. The molecular formula is C27H28O5. The molecule has 0 saturated heterocycles. The second kappa shape index (κ2) is 8.15. The molecule has 1 heterocycles. The highest BCUT2D eigenvalue weighted by Crippen LogP contribution is 2.66. The fourth-order valence-corrected chi connectivity index (χ4v) is 5.39. The highest BCUT2D eigenvalue weighted by molar-refractivity contribution is 5.55. The maximum Gasteiger partial charge on any atom is 0.173 e. The second-order valence-electron chi connectivity index (χ2n) is 8.51. The van der Waals surface area contributed by atoms with Crippen molar-refractivity contribution in [2.24, 2.45) is 0 Å². The molecule has 2 N–H and O–H groups in total. The molecule has 0 amide bonds. The first-order valence-corrected chi connectivity index (χ1v) is 11.1. The predicted molar refractivity (Wildman–Crippen MR) is 121 cm³/mol. The lowest BCUT2D eigenvalue weighted by Gasteiger charge is -2.40. The lowest BCUT2D eigenvalue weighted by Crippen LogP contribution is -2.47. The number of methoxy groups -OCH3 is 1. The molecule has 1 aliphatic carbocycles. The molecule has 3 aromatic carbocycles. The molecule has 3 atom stereocenters. The molecule has 5 heteroatoms. The van der Waals surface area contributed by atoms with Crippen LogP contribution in [-0.4, -0.2) is 30.5 Å². The molecule has 2 aliphatic rings. The van der Waals surface area contributed by atoms with Crippen molar-refractivity contribution in [2.75, 3.05) is 20.3 Å². The number of hydrogen-bond acceptors (Lipinski definition) is 5. The molecule has 0 aromatic heterocycles. The smallest absolute Gasteiger partial charge is 0.173 e. The summed E-state index contributed by atoms with van der Waals surface area (Å²) in [6.45, 7) is 0.510. The van der Waals surface area contributed by atoms with Crippen molar-refractivity contribution in [2.45, 2.75) is 36.4 Å². The van der Waals surface area contributed by atoms with Gasteiger partial charge in [-0.05, 0) is 48.2 Å². The van der Waals surface area contributed by atoms with Crippen LogP contribution in [0.3, 0.4) is 0 Å². The van der Waals surface area contributed by atoms with Crippen molar-refractivity contribution in [3.63, 3.8) is 0 Å². The number of aliphatic hydroxyl groups excluding tert-OH is 1. The Morgan fingerprint density at radius 2 is 1.75 bits per heavy atom. The Kier molecular flexibility index (Phi) is 5.31. The monoisotopic (exact) mass is 432 g/mol. The van der Waals surface area contributed by atoms with E-state index in [1.807, 2.05) is 60.7 Å². The van der Waals surface area contributed by atoms with E-state index in [4.69, 9.17) is 19.3 Å². The van der Waals surface area contributed by atoms with E-state index in [0.29, 0.717) is 30.9 Å². The SMILES string of the molecule is COc1ccc([C@@]23Oc4cc(OCCCO)ccc4C2(O)CCC3c2ccccc2)cc1. The highest BCUT2D eigenvalue weighted by atomic mass is 16.5. The van der Waals surface area contributed by atoms with Crippen molar-refractivity contribution < 1.29 is 24.4 Å². The summed E-state index contributed by atoms with van der Waals surface area (Å²) in [5.41, 5.74) is 0.743. The molecule has 5 nitrogen and oxygen atoms in total. The van der Waals surface area contributed by atoms with Gasteiger partial charge in [-0.2, -0.15) is 0 Å². The summed E-state index contributed by atoms with van der Waals surface area (Å²) in [6, 6.07) is 23.8. The van der Waals surface area contributed by atoms with Crippen LogP contribution in [-0.2, 0) is 11.2 Å². The Balaban J connectivity index is 1.62. The van der Waals surface area contributed by atoms with Gasteiger partial charge in [-0.25, -0.2) is 0 Å². The highest BCUT2D eigenvalue weighted by Gasteiger charge is 2.68. The van der Waals surface area contributed by atoms with Crippen molar-refractivity contribution in [3.05, 3.63) is 89.5 Å². The zero-order chi connectivity index (χ0) is 22.2. The fraction of sp³-hybridized carbons (Fsp3) is 0.333. The number of benzene rings is 3. The standard InChI is InChI=1S/C27H28O5/c1-30-21-10-8-20(9-11-21)27-23(19-6-3-2-4-7-19)14-15-26(27,29)24-13-12-22(18-25(24)32-27)31-17-5-16-28/h2-4,6-13,18,23,28-29H,5,14-17H2,1H3/t23?,26?,27-/m0/s1. The summed E-state index contributed by atoms with van der Waals surface area (Å²) in [6.07, 6.45) is 1.96. The van der Waals surface area contributed by atoms with Gasteiger partial charge >= 0.3 is 0 Å². The minimum Gasteiger partial charge on any atom is -0.497 e. The van der Waals surface area contributed by atoms with Crippen molar-refractivity contribution in [1.29, 1.82) is 0 Å². The van der Waals surface area contributed by atoms with Crippen LogP contribution < -0.4 is 14.2 Å². The van der Waals surface area contributed by atoms with Crippen LogP contribution in [0.25, 0.3) is 0 Å². The van der Waals surface area contributed by atoms with Gasteiger partial charge in [0.25, 0.3) is 0 Å². The van der Waals surface area contributed by atoms with Gasteiger partial charge in [0.2, 0.25) is 0 Å². The number of fused-ring (bicyclic) bond motifs is 3. The van der Waals surface area contributed by atoms with Crippen LogP contribution in [0.15, 0.2) is 72.8 Å². The second-order valence-corrected chi connectivity index (χ2v) is 8.51. The van der Waals surface area contributed by atoms with Crippen molar-refractivity contribution in [3.8, 4) is 17.2 Å². The van der Waals surface area contributed by atoms with Gasteiger partial charge in [0.05, 0.1) is 13.7 Å². The summed E-state index contributed by atoms with van der Waals surface area (Å²) in [4.78, 5) is 0. The molecule has 5 rings (SSSR count). The summed E-state index contributed by atoms with van der Waals surface area (Å²) >= 11 is 0. The molecule has 0 spiro atoms. The van der Waals surface area contributed by atoms with Gasteiger partial charge < -0.3 is 24.4 Å². The minimum atomic E-state index is -1.17. The summed E-state index contributed by atoms with van der Waals surface area (Å²) in [5.74, 6) is 2.05. The molecule has 0 bridgehead atoms. The van der Waals surface area contributed by atoms with Crippen LogP contribution in [0.4, 0.5) is 0 Å². The normalized spacial score (nSPS) is 25.7. The molecule has 1 saturated carbocycles. The Bertz CT molecular complexity index is 1080. The lowest BCUT2D eigenvalue weighted by atomic mass is 9.72. The molecular weight excluding hydrogens is 404 g/mol. The van der Waals surface area contributed by atoms with Crippen LogP contribution in [0, 0.1) is 0 Å². The van der Waals surface area contributed by atoms with E-state index >= 15 is 0 Å². The Labute approximate surface area is 188 Å². The average molecular weight is 433 g/mol. The summed E-state index contributed by atoms with van der Waals surface area (Å²) < 4.78 is 17.9. The van der Waals surface area contributed by atoms with Gasteiger partial charge in [0.15, 0.2) is 5.60 Å². The van der Waals surface area contributed by atoms with E-state index in [0.717, 1.165) is 28.9 Å². The molecule has 32 heavy (non-hydrogen) atoms. The Morgan fingerprint density at radius 1 is 1.00 bits per heavy atom. The molecule has 1 fully saturated rings. The maximum absolute atomic E-state index is 12.2. The third kappa shape index (κ3) is 3.07. The van der Waals surface area contributed by atoms with Gasteiger partial charge in [-0.15, -0.1) is 0 Å². The van der Waals surface area contributed by atoms with Crippen LogP contribution in [0.5, 0.6) is 17.2 Å². The van der Waals surface area contributed by atoms with E-state index in [9.17, 15) is 5.11 Å². The topological polar surface area (TPSA) is 68.2 Å². The molecule has 2 unspecified atom stereocenters. The third-order valence-electron chi connectivity index (χ3n) is 6.86. The number of rotatable bonds is 7. The average Bonchev–Trinajstić information content (AvgIpc) is 3.26. The van der Waals surface area contributed by atoms with E-state index in [1.165, 1.54) is 0 Å². The van der Waals surface area contributed by atoms with E-state index in [-0.39, 0.29) is 12.5 Å². The molecule has 0 radical (unpaired) electrons. The first kappa shape index (κ1) is 20.9. The Hall–Kier alpha value is -3.02. The van der Waals surface area contributed by atoms with Gasteiger partial charge in [0.1, 0.15) is 22.8 Å². The number of aliphatic hydroxyl groups is 2. The first-order chi connectivity index (χ1) is 15.6. The maximum atomic E-state index is 12.2. The zero-order valence-electron chi connectivity index (χ0n) is 18.2. The van der Waals surface area contributed by atoms with Crippen LogP contribution in [0.2, 0.25) is 0 Å². The quantitative estimate of drug-likeness (QED) is 0.538. The summed E-state index contributed by atoms with van der Waals surface area (Å²) in [7, 11) is 1.65. The Morgan fingerprint density at radius 3 is 2.47 bits per heavy atom. The molecule has 3 aromatic rings. The number of ether oxygens (including phenoxy) is 3. The number of hydrogen-bond donors (Lipinski definition) is 2.